The van der Waals surface area contributed by atoms with Crippen molar-refractivity contribution in [1.82, 2.24) is 0 Å². The molecule has 0 heterocycles. The van der Waals surface area contributed by atoms with E-state index in [1.165, 1.54) is 0 Å². The van der Waals surface area contributed by atoms with Crippen molar-refractivity contribution in [2.75, 3.05) is 6.61 Å². The number of ether oxygens (including phenoxy) is 2. The highest BCUT2D eigenvalue weighted by molar-refractivity contribution is 5.70. The Hall–Kier alpha value is -3.24. The first-order valence-corrected chi connectivity index (χ1v) is 6.79. The smallest absolute Gasteiger partial charge is 0.172 e. The third-order valence-corrected chi connectivity index (χ3v) is 2.83. The van der Waals surface area contributed by atoms with E-state index in [-0.39, 0.29) is 5.57 Å². The minimum atomic E-state index is -0.0430. The second-order valence-corrected chi connectivity index (χ2v) is 4.30. The van der Waals surface area contributed by atoms with Gasteiger partial charge in [-0.15, -0.1) is 0 Å². The number of rotatable bonds is 5. The topological polar surface area (TPSA) is 66.0 Å². The lowest BCUT2D eigenvalue weighted by atomic mass is 10.1. The van der Waals surface area contributed by atoms with Crippen LogP contribution in [0.5, 0.6) is 11.5 Å². The van der Waals surface area contributed by atoms with Gasteiger partial charge in [-0.1, -0.05) is 18.2 Å². The second kappa shape index (κ2) is 7.52. The summed E-state index contributed by atoms with van der Waals surface area (Å²) < 4.78 is 11.1. The standard InChI is InChI=1S/C18H14N2O2/c1-2-21-18(15(12-19)13-20)14-8-10-17(11-9-14)22-16-6-4-3-5-7-16/h3-11H,2H2,1H3. The number of hydrogen-bond donors (Lipinski definition) is 0. The van der Waals surface area contributed by atoms with Crippen LogP contribution in [0.25, 0.3) is 5.76 Å². The Morgan fingerprint density at radius 1 is 0.909 bits per heavy atom. The van der Waals surface area contributed by atoms with Crippen LogP contribution in [0, 0.1) is 22.7 Å². The van der Waals surface area contributed by atoms with Gasteiger partial charge in [-0.2, -0.15) is 10.5 Å². The molecule has 0 saturated heterocycles. The van der Waals surface area contributed by atoms with E-state index in [0.717, 1.165) is 5.75 Å². The average molecular weight is 290 g/mol. The van der Waals surface area contributed by atoms with Gasteiger partial charge in [-0.05, 0) is 43.3 Å². The molecule has 0 aliphatic carbocycles. The molecule has 0 saturated carbocycles. The maximum Gasteiger partial charge on any atom is 0.172 e. The number of nitriles is 2. The highest BCUT2D eigenvalue weighted by Gasteiger charge is 2.10. The summed E-state index contributed by atoms with van der Waals surface area (Å²) in [7, 11) is 0. The van der Waals surface area contributed by atoms with Crippen LogP contribution in [-0.4, -0.2) is 6.61 Å². The van der Waals surface area contributed by atoms with Crippen LogP contribution in [-0.2, 0) is 4.74 Å². The summed E-state index contributed by atoms with van der Waals surface area (Å²) in [5.74, 6) is 1.70. The van der Waals surface area contributed by atoms with Crippen molar-refractivity contribution in [3.05, 3.63) is 65.7 Å². The molecule has 4 nitrogen and oxygen atoms in total. The number of nitrogens with zero attached hydrogens (tertiary/aromatic N) is 2. The molecule has 0 aliphatic heterocycles. The van der Waals surface area contributed by atoms with Crippen molar-refractivity contribution in [1.29, 1.82) is 10.5 Å². The summed E-state index contributed by atoms with van der Waals surface area (Å²) in [5.41, 5.74) is 0.624. The Morgan fingerprint density at radius 3 is 2.05 bits per heavy atom. The molecule has 0 unspecified atom stereocenters. The lowest BCUT2D eigenvalue weighted by molar-refractivity contribution is 0.297. The van der Waals surface area contributed by atoms with Crippen LogP contribution in [0.15, 0.2) is 60.2 Å². The van der Waals surface area contributed by atoms with Crippen LogP contribution in [0.2, 0.25) is 0 Å². The molecule has 2 aromatic carbocycles. The first kappa shape index (κ1) is 15.2. The van der Waals surface area contributed by atoms with Crippen LogP contribution < -0.4 is 4.74 Å². The fourth-order valence-electron chi connectivity index (χ4n) is 1.87. The first-order chi connectivity index (χ1) is 10.8. The molecule has 108 valence electrons. The molecular weight excluding hydrogens is 276 g/mol. The molecular formula is C18H14N2O2. The van der Waals surface area contributed by atoms with E-state index >= 15 is 0 Å². The molecule has 22 heavy (non-hydrogen) atoms. The van der Waals surface area contributed by atoms with Crippen molar-refractivity contribution in [2.45, 2.75) is 6.92 Å². The van der Waals surface area contributed by atoms with Crippen molar-refractivity contribution >= 4 is 5.76 Å². The fraction of sp³-hybridized carbons (Fsp3) is 0.111. The predicted molar refractivity (Wildman–Crippen MR) is 82.7 cm³/mol. The van der Waals surface area contributed by atoms with E-state index in [9.17, 15) is 0 Å². The third kappa shape index (κ3) is 3.65. The molecule has 0 aromatic heterocycles. The summed E-state index contributed by atoms with van der Waals surface area (Å²) in [4.78, 5) is 0. The van der Waals surface area contributed by atoms with E-state index in [1.54, 1.807) is 31.2 Å². The summed E-state index contributed by atoms with van der Waals surface area (Å²) >= 11 is 0. The van der Waals surface area contributed by atoms with Gasteiger partial charge in [-0.3, -0.25) is 0 Å². The maximum atomic E-state index is 9.00. The molecule has 0 amide bonds. The zero-order valence-corrected chi connectivity index (χ0v) is 12.1. The second-order valence-electron chi connectivity index (χ2n) is 4.30. The van der Waals surface area contributed by atoms with Gasteiger partial charge in [0.2, 0.25) is 0 Å². The molecule has 2 rings (SSSR count). The molecule has 0 N–H and O–H groups in total. The number of hydrogen-bond acceptors (Lipinski definition) is 4. The number of allylic oxidation sites excluding steroid dienone is 1. The predicted octanol–water partition coefficient (Wildman–Crippen LogP) is 4.27. The quantitative estimate of drug-likeness (QED) is 0.609. The Balaban J connectivity index is 2.26. The molecule has 0 radical (unpaired) electrons. The lowest BCUT2D eigenvalue weighted by Crippen LogP contribution is -1.95. The van der Waals surface area contributed by atoms with E-state index in [2.05, 4.69) is 0 Å². The van der Waals surface area contributed by atoms with Crippen molar-refractivity contribution < 1.29 is 9.47 Å². The van der Waals surface area contributed by atoms with Gasteiger partial charge in [0, 0.05) is 5.56 Å². The van der Waals surface area contributed by atoms with Crippen LogP contribution in [0.1, 0.15) is 12.5 Å². The minimum Gasteiger partial charge on any atom is -0.491 e. The molecule has 0 bridgehead atoms. The Morgan fingerprint density at radius 2 is 1.50 bits per heavy atom. The van der Waals surface area contributed by atoms with Crippen molar-refractivity contribution in [3.63, 3.8) is 0 Å². The van der Waals surface area contributed by atoms with Gasteiger partial charge in [0.05, 0.1) is 6.61 Å². The highest BCUT2D eigenvalue weighted by Crippen LogP contribution is 2.25. The molecule has 0 atom stereocenters. The third-order valence-electron chi connectivity index (χ3n) is 2.83. The van der Waals surface area contributed by atoms with Crippen molar-refractivity contribution in [2.24, 2.45) is 0 Å². The van der Waals surface area contributed by atoms with E-state index in [1.807, 2.05) is 42.5 Å². The zero-order chi connectivity index (χ0) is 15.8. The summed E-state index contributed by atoms with van der Waals surface area (Å²) in [6.07, 6.45) is 0. The van der Waals surface area contributed by atoms with Crippen LogP contribution in [0.3, 0.4) is 0 Å². The van der Waals surface area contributed by atoms with Gasteiger partial charge in [0.15, 0.2) is 11.3 Å². The van der Waals surface area contributed by atoms with E-state index in [0.29, 0.717) is 23.7 Å². The molecule has 0 aliphatic rings. The van der Waals surface area contributed by atoms with Crippen LogP contribution in [0.4, 0.5) is 0 Å². The Kier molecular flexibility index (Phi) is 5.18. The summed E-state index contributed by atoms with van der Waals surface area (Å²) in [6, 6.07) is 20.2. The van der Waals surface area contributed by atoms with E-state index in [4.69, 9.17) is 20.0 Å². The van der Waals surface area contributed by atoms with Crippen molar-refractivity contribution in [3.8, 4) is 23.6 Å². The summed E-state index contributed by atoms with van der Waals surface area (Å²) in [6.45, 7) is 2.18. The molecule has 4 heteroatoms. The van der Waals surface area contributed by atoms with Gasteiger partial charge < -0.3 is 9.47 Å². The number of benzene rings is 2. The average Bonchev–Trinajstić information content (AvgIpc) is 2.57. The Bertz CT molecular complexity index is 719. The minimum absolute atomic E-state index is 0.0430. The van der Waals surface area contributed by atoms with Gasteiger partial charge >= 0.3 is 0 Å². The number of para-hydroxylation sites is 1. The zero-order valence-electron chi connectivity index (χ0n) is 12.1. The molecule has 0 fully saturated rings. The highest BCUT2D eigenvalue weighted by atomic mass is 16.5. The van der Waals surface area contributed by atoms with E-state index < -0.39 is 0 Å². The monoisotopic (exact) mass is 290 g/mol. The molecule has 2 aromatic rings. The Labute approximate surface area is 129 Å². The van der Waals surface area contributed by atoms with Crippen LogP contribution >= 0.6 is 0 Å². The maximum absolute atomic E-state index is 9.00. The summed E-state index contributed by atoms with van der Waals surface area (Å²) in [5, 5.41) is 18.0. The van der Waals surface area contributed by atoms with Gasteiger partial charge in [-0.25, -0.2) is 0 Å². The first-order valence-electron chi connectivity index (χ1n) is 6.79. The normalized spacial score (nSPS) is 9.23. The largest absolute Gasteiger partial charge is 0.491 e. The SMILES string of the molecule is CCOC(=C(C#N)C#N)c1ccc(Oc2ccccc2)cc1. The fourth-order valence-corrected chi connectivity index (χ4v) is 1.87. The van der Waals surface area contributed by atoms with Gasteiger partial charge in [0.25, 0.3) is 0 Å². The molecule has 0 spiro atoms. The lowest BCUT2D eigenvalue weighted by Gasteiger charge is -2.10. The van der Waals surface area contributed by atoms with Gasteiger partial charge in [0.1, 0.15) is 23.6 Å².